The summed E-state index contributed by atoms with van der Waals surface area (Å²) < 4.78 is 14.3. The lowest BCUT2D eigenvalue weighted by atomic mass is 10.3. The van der Waals surface area contributed by atoms with Gasteiger partial charge in [0, 0.05) is 22.3 Å². The largest absolute Gasteiger partial charge is 0.398 e. The van der Waals surface area contributed by atoms with E-state index in [9.17, 15) is 9.18 Å². The van der Waals surface area contributed by atoms with Gasteiger partial charge in [0.1, 0.15) is 10.8 Å². The topological polar surface area (TPSA) is 73.3 Å². The normalized spacial score (nSPS) is 11.1. The first-order valence-corrected chi connectivity index (χ1v) is 7.87. The van der Waals surface area contributed by atoms with E-state index in [1.807, 2.05) is 0 Å². The Morgan fingerprint density at radius 3 is 3.00 bits per heavy atom. The van der Waals surface area contributed by atoms with Gasteiger partial charge in [0.15, 0.2) is 0 Å². The van der Waals surface area contributed by atoms with Gasteiger partial charge in [0.25, 0.3) is 5.56 Å². The number of aromatic nitrogens is 3. The Morgan fingerprint density at radius 1 is 1.43 bits per heavy atom. The van der Waals surface area contributed by atoms with Gasteiger partial charge < -0.3 is 5.73 Å². The predicted molar refractivity (Wildman–Crippen MR) is 82.2 cm³/mol. The zero-order valence-electron chi connectivity index (χ0n) is 11.0. The Labute approximate surface area is 127 Å². The van der Waals surface area contributed by atoms with E-state index in [1.165, 1.54) is 45.8 Å². The summed E-state index contributed by atoms with van der Waals surface area (Å²) >= 11 is 2.81. The minimum atomic E-state index is -0.358. The van der Waals surface area contributed by atoms with Crippen molar-refractivity contribution >= 4 is 33.7 Å². The van der Waals surface area contributed by atoms with Crippen LogP contribution in [0.2, 0.25) is 0 Å². The molecule has 0 saturated carbocycles. The fraction of sp³-hybridized carbons (Fsp3) is 0.154. The number of fused-ring (bicyclic) bond motifs is 1. The molecule has 1 aromatic carbocycles. The zero-order valence-corrected chi connectivity index (χ0v) is 12.7. The van der Waals surface area contributed by atoms with Crippen molar-refractivity contribution in [2.75, 3.05) is 5.73 Å². The Bertz CT molecular complexity index is 874. The molecule has 3 aromatic rings. The van der Waals surface area contributed by atoms with Crippen LogP contribution in [-0.2, 0) is 5.75 Å². The highest BCUT2D eigenvalue weighted by Gasteiger charge is 2.09. The summed E-state index contributed by atoms with van der Waals surface area (Å²) in [5, 5.41) is 5.00. The van der Waals surface area contributed by atoms with Crippen LogP contribution in [0.25, 0.3) is 4.96 Å². The van der Waals surface area contributed by atoms with Crippen LogP contribution < -0.4 is 11.3 Å². The molecule has 0 saturated heterocycles. The first kappa shape index (κ1) is 14.0. The Hall–Kier alpha value is -1.93. The van der Waals surface area contributed by atoms with E-state index in [0.717, 1.165) is 9.90 Å². The zero-order chi connectivity index (χ0) is 15.0. The molecule has 0 aliphatic heterocycles. The maximum Gasteiger partial charge on any atom is 0.275 e. The quantitative estimate of drug-likeness (QED) is 0.592. The van der Waals surface area contributed by atoms with E-state index >= 15 is 0 Å². The van der Waals surface area contributed by atoms with E-state index < -0.39 is 0 Å². The summed E-state index contributed by atoms with van der Waals surface area (Å²) in [5.74, 6) is 0.186. The molecule has 108 valence electrons. The first-order valence-electron chi connectivity index (χ1n) is 6.07. The fourth-order valence-electron chi connectivity index (χ4n) is 1.81. The number of anilines is 1. The molecule has 0 atom stereocenters. The van der Waals surface area contributed by atoms with Crippen molar-refractivity contribution in [3.8, 4) is 0 Å². The average Bonchev–Trinajstić information content (AvgIpc) is 2.81. The summed E-state index contributed by atoms with van der Waals surface area (Å²) in [6.45, 7) is 1.77. The molecular formula is C13H11FN4OS2. The minimum Gasteiger partial charge on any atom is -0.398 e. The van der Waals surface area contributed by atoms with Crippen molar-refractivity contribution in [3.05, 3.63) is 51.1 Å². The Balaban J connectivity index is 1.85. The standard InChI is InChI=1S/C13H11FN4OS2/c1-7-4-12(19)18-13(16-7)21-11(17-18)6-20-10-3-2-8(14)5-9(10)15/h2-5H,6,15H2,1H3. The molecule has 2 N–H and O–H groups in total. The van der Waals surface area contributed by atoms with E-state index in [1.54, 1.807) is 13.0 Å². The molecule has 5 nitrogen and oxygen atoms in total. The van der Waals surface area contributed by atoms with Crippen LogP contribution in [0.3, 0.4) is 0 Å². The number of nitrogens with zero attached hydrogens (tertiary/aromatic N) is 3. The minimum absolute atomic E-state index is 0.189. The first-order chi connectivity index (χ1) is 10.0. The molecule has 3 rings (SSSR count). The van der Waals surface area contributed by atoms with E-state index in [-0.39, 0.29) is 11.4 Å². The van der Waals surface area contributed by atoms with Crippen molar-refractivity contribution < 1.29 is 4.39 Å². The molecule has 0 unspecified atom stereocenters. The number of aryl methyl sites for hydroxylation is 1. The van der Waals surface area contributed by atoms with Crippen LogP contribution in [0.1, 0.15) is 10.7 Å². The number of benzene rings is 1. The predicted octanol–water partition coefficient (Wildman–Crippen LogP) is 2.47. The van der Waals surface area contributed by atoms with Crippen molar-refractivity contribution in [2.24, 2.45) is 0 Å². The highest BCUT2D eigenvalue weighted by atomic mass is 32.2. The highest BCUT2D eigenvalue weighted by molar-refractivity contribution is 7.98. The number of nitrogens with two attached hydrogens (primary N) is 1. The SMILES string of the molecule is Cc1cc(=O)n2nc(CSc3ccc(F)cc3N)sc2n1. The van der Waals surface area contributed by atoms with Gasteiger partial charge in [0.05, 0.1) is 5.75 Å². The molecule has 0 aliphatic rings. The summed E-state index contributed by atoms with van der Waals surface area (Å²) in [6.07, 6.45) is 0. The van der Waals surface area contributed by atoms with E-state index in [2.05, 4.69) is 10.1 Å². The van der Waals surface area contributed by atoms with Crippen molar-refractivity contribution in [1.82, 2.24) is 14.6 Å². The molecule has 8 heteroatoms. The van der Waals surface area contributed by atoms with Crippen LogP contribution in [0, 0.1) is 12.7 Å². The monoisotopic (exact) mass is 322 g/mol. The second-order valence-corrected chi connectivity index (χ2v) is 6.45. The molecule has 0 radical (unpaired) electrons. The van der Waals surface area contributed by atoms with Gasteiger partial charge in [-0.25, -0.2) is 9.37 Å². The van der Waals surface area contributed by atoms with Crippen molar-refractivity contribution in [2.45, 2.75) is 17.6 Å². The van der Waals surface area contributed by atoms with Gasteiger partial charge in [-0.3, -0.25) is 4.79 Å². The average molecular weight is 322 g/mol. The van der Waals surface area contributed by atoms with Crippen LogP contribution >= 0.6 is 23.1 Å². The smallest absolute Gasteiger partial charge is 0.275 e. The maximum absolute atomic E-state index is 13.0. The summed E-state index contributed by atoms with van der Waals surface area (Å²) in [5.41, 5.74) is 6.64. The van der Waals surface area contributed by atoms with Crippen molar-refractivity contribution in [1.29, 1.82) is 0 Å². The Kier molecular flexibility index (Phi) is 3.64. The fourth-order valence-corrected chi connectivity index (χ4v) is 3.69. The summed E-state index contributed by atoms with van der Waals surface area (Å²) in [7, 11) is 0. The van der Waals surface area contributed by atoms with Crippen LogP contribution in [-0.4, -0.2) is 14.6 Å². The second kappa shape index (κ2) is 5.45. The number of halogens is 1. The van der Waals surface area contributed by atoms with Crippen LogP contribution in [0.5, 0.6) is 0 Å². The van der Waals surface area contributed by atoms with Gasteiger partial charge in [-0.2, -0.15) is 9.61 Å². The summed E-state index contributed by atoms with van der Waals surface area (Å²) in [4.78, 5) is 17.4. The third-order valence-electron chi connectivity index (χ3n) is 2.74. The number of thioether (sulfide) groups is 1. The van der Waals surface area contributed by atoms with Crippen LogP contribution in [0.15, 0.2) is 34.0 Å². The van der Waals surface area contributed by atoms with Gasteiger partial charge in [0.2, 0.25) is 4.96 Å². The second-order valence-electron chi connectivity index (χ2n) is 4.40. The maximum atomic E-state index is 13.0. The number of rotatable bonds is 3. The molecule has 0 fully saturated rings. The lowest BCUT2D eigenvalue weighted by Gasteiger charge is -2.03. The number of nitrogen functional groups attached to an aromatic ring is 1. The van der Waals surface area contributed by atoms with E-state index in [0.29, 0.717) is 22.1 Å². The molecule has 0 aliphatic carbocycles. The van der Waals surface area contributed by atoms with Gasteiger partial charge in [-0.15, -0.1) is 11.8 Å². The van der Waals surface area contributed by atoms with E-state index in [4.69, 9.17) is 5.73 Å². The lowest BCUT2D eigenvalue weighted by molar-refractivity contribution is 0.627. The van der Waals surface area contributed by atoms with Gasteiger partial charge in [-0.05, 0) is 25.1 Å². The molecule has 0 spiro atoms. The molecule has 2 aromatic heterocycles. The van der Waals surface area contributed by atoms with Gasteiger partial charge in [-0.1, -0.05) is 11.3 Å². The number of hydrogen-bond acceptors (Lipinski definition) is 6. The molecule has 0 bridgehead atoms. The molecule has 0 amide bonds. The third-order valence-corrected chi connectivity index (χ3v) is 4.93. The molecule has 2 heterocycles. The Morgan fingerprint density at radius 2 is 2.24 bits per heavy atom. The van der Waals surface area contributed by atoms with Gasteiger partial charge >= 0.3 is 0 Å². The van der Waals surface area contributed by atoms with Crippen LogP contribution in [0.4, 0.5) is 10.1 Å². The lowest BCUT2D eigenvalue weighted by Crippen LogP contribution is -2.14. The van der Waals surface area contributed by atoms with Crippen molar-refractivity contribution in [3.63, 3.8) is 0 Å². The molecule has 21 heavy (non-hydrogen) atoms. The third kappa shape index (κ3) is 2.91. The summed E-state index contributed by atoms with van der Waals surface area (Å²) in [6, 6.07) is 5.74. The highest BCUT2D eigenvalue weighted by Crippen LogP contribution is 2.29. The molecular weight excluding hydrogens is 311 g/mol. The number of hydrogen-bond donors (Lipinski definition) is 1.